The van der Waals surface area contributed by atoms with E-state index in [2.05, 4.69) is 24.3 Å². The number of aromatic nitrogens is 2. The second-order valence-corrected chi connectivity index (χ2v) is 4.58. The lowest BCUT2D eigenvalue weighted by molar-refractivity contribution is -0.384. The summed E-state index contributed by atoms with van der Waals surface area (Å²) in [5.41, 5.74) is 2.03. The van der Waals surface area contributed by atoms with Gasteiger partial charge in [0, 0.05) is 30.9 Å². The first-order valence-corrected chi connectivity index (χ1v) is 6.07. The summed E-state index contributed by atoms with van der Waals surface area (Å²) in [6.07, 6.45) is 3.71. The van der Waals surface area contributed by atoms with Crippen molar-refractivity contribution >= 4 is 11.4 Å². The van der Waals surface area contributed by atoms with E-state index in [9.17, 15) is 10.1 Å². The second-order valence-electron chi connectivity index (χ2n) is 4.58. The van der Waals surface area contributed by atoms with Crippen LogP contribution in [0.3, 0.4) is 0 Å². The summed E-state index contributed by atoms with van der Waals surface area (Å²) in [5.74, 6) is 0. The van der Waals surface area contributed by atoms with Crippen molar-refractivity contribution in [1.29, 1.82) is 0 Å². The van der Waals surface area contributed by atoms with Crippen LogP contribution < -0.4 is 5.32 Å². The summed E-state index contributed by atoms with van der Waals surface area (Å²) in [4.78, 5) is 10.1. The summed E-state index contributed by atoms with van der Waals surface area (Å²) in [6.45, 7) is 4.74. The van der Waals surface area contributed by atoms with E-state index in [4.69, 9.17) is 0 Å². The Hall–Kier alpha value is -2.37. The Kier molecular flexibility index (Phi) is 3.79. The number of nitrogens with one attached hydrogen (secondary N) is 1. The van der Waals surface area contributed by atoms with Gasteiger partial charge in [-0.3, -0.25) is 14.8 Å². The van der Waals surface area contributed by atoms with Gasteiger partial charge in [0.25, 0.3) is 5.69 Å². The smallest absolute Gasteiger partial charge is 0.269 e. The highest BCUT2D eigenvalue weighted by Gasteiger charge is 2.04. The number of hydrogen-bond donors (Lipinski definition) is 1. The third-order valence-corrected chi connectivity index (χ3v) is 2.77. The summed E-state index contributed by atoms with van der Waals surface area (Å²) in [6, 6.07) is 6.84. The van der Waals surface area contributed by atoms with Gasteiger partial charge in [0.05, 0.1) is 16.8 Å². The molecule has 0 fully saturated rings. The second kappa shape index (κ2) is 5.51. The van der Waals surface area contributed by atoms with Crippen molar-refractivity contribution in [3.05, 3.63) is 52.3 Å². The zero-order valence-corrected chi connectivity index (χ0v) is 10.9. The van der Waals surface area contributed by atoms with Crippen LogP contribution in [-0.4, -0.2) is 14.7 Å². The van der Waals surface area contributed by atoms with Gasteiger partial charge in [-0.05, 0) is 19.4 Å². The van der Waals surface area contributed by atoms with Crippen LogP contribution in [0.25, 0.3) is 0 Å². The number of hydrogen-bond acceptors (Lipinski definition) is 4. The van der Waals surface area contributed by atoms with E-state index in [-0.39, 0.29) is 5.69 Å². The molecule has 0 spiro atoms. The number of rotatable bonds is 5. The van der Waals surface area contributed by atoms with E-state index in [0.29, 0.717) is 12.6 Å². The number of anilines is 1. The number of nitrogens with zero attached hydrogens (tertiary/aromatic N) is 3. The summed E-state index contributed by atoms with van der Waals surface area (Å²) >= 11 is 0. The van der Waals surface area contributed by atoms with Crippen LogP contribution >= 0.6 is 0 Å². The van der Waals surface area contributed by atoms with Gasteiger partial charge in [0.1, 0.15) is 0 Å². The molecule has 0 aliphatic heterocycles. The molecular formula is C13H16N4O2. The van der Waals surface area contributed by atoms with Crippen molar-refractivity contribution in [1.82, 2.24) is 9.78 Å². The largest absolute Gasteiger partial charge is 0.378 e. The van der Waals surface area contributed by atoms with Gasteiger partial charge in [-0.25, -0.2) is 0 Å². The first kappa shape index (κ1) is 13.1. The van der Waals surface area contributed by atoms with Crippen LogP contribution in [0.1, 0.15) is 25.5 Å². The van der Waals surface area contributed by atoms with Crippen molar-refractivity contribution in [3.8, 4) is 0 Å². The van der Waals surface area contributed by atoms with Gasteiger partial charge in [0.2, 0.25) is 0 Å². The molecule has 1 aromatic heterocycles. The minimum Gasteiger partial charge on any atom is -0.378 e. The molecule has 0 saturated carbocycles. The molecule has 2 aromatic rings. The zero-order chi connectivity index (χ0) is 13.8. The molecule has 100 valence electrons. The van der Waals surface area contributed by atoms with Gasteiger partial charge in [-0.1, -0.05) is 12.1 Å². The molecule has 19 heavy (non-hydrogen) atoms. The monoisotopic (exact) mass is 260 g/mol. The SMILES string of the molecule is CC(C)n1cc(NCc2ccc([N+](=O)[O-])cc2)cn1. The predicted molar refractivity (Wildman–Crippen MR) is 73.0 cm³/mol. The molecule has 6 nitrogen and oxygen atoms in total. The third kappa shape index (κ3) is 3.31. The number of benzene rings is 1. The molecule has 0 atom stereocenters. The van der Waals surface area contributed by atoms with Crippen molar-refractivity contribution < 1.29 is 4.92 Å². The highest BCUT2D eigenvalue weighted by molar-refractivity contribution is 5.40. The van der Waals surface area contributed by atoms with Crippen LogP contribution in [0.15, 0.2) is 36.7 Å². The fourth-order valence-corrected chi connectivity index (χ4v) is 1.65. The van der Waals surface area contributed by atoms with Crippen molar-refractivity contribution in [3.63, 3.8) is 0 Å². The molecule has 0 unspecified atom stereocenters. The van der Waals surface area contributed by atoms with Gasteiger partial charge in [0.15, 0.2) is 0 Å². The molecule has 6 heteroatoms. The van der Waals surface area contributed by atoms with E-state index in [1.807, 2.05) is 10.9 Å². The molecule has 2 rings (SSSR count). The topological polar surface area (TPSA) is 73.0 Å². The molecular weight excluding hydrogens is 244 g/mol. The molecule has 0 aliphatic carbocycles. The van der Waals surface area contributed by atoms with E-state index in [1.54, 1.807) is 18.3 Å². The maximum atomic E-state index is 10.5. The lowest BCUT2D eigenvalue weighted by Crippen LogP contribution is -2.01. The Balaban J connectivity index is 1.96. The first-order valence-electron chi connectivity index (χ1n) is 6.07. The normalized spacial score (nSPS) is 10.7. The fourth-order valence-electron chi connectivity index (χ4n) is 1.65. The lowest BCUT2D eigenvalue weighted by Gasteiger charge is -2.05. The number of nitro groups is 1. The van der Waals surface area contributed by atoms with Crippen LogP contribution in [0.5, 0.6) is 0 Å². The Morgan fingerprint density at radius 1 is 1.37 bits per heavy atom. The Labute approximate surface area is 111 Å². The van der Waals surface area contributed by atoms with Crippen molar-refractivity contribution in [2.75, 3.05) is 5.32 Å². The van der Waals surface area contributed by atoms with Crippen molar-refractivity contribution in [2.24, 2.45) is 0 Å². The molecule has 1 heterocycles. The van der Waals surface area contributed by atoms with Crippen LogP contribution in [0, 0.1) is 10.1 Å². The highest BCUT2D eigenvalue weighted by Crippen LogP contribution is 2.14. The third-order valence-electron chi connectivity index (χ3n) is 2.77. The van der Waals surface area contributed by atoms with Gasteiger partial charge >= 0.3 is 0 Å². The molecule has 0 saturated heterocycles. The average molecular weight is 260 g/mol. The van der Waals surface area contributed by atoms with Gasteiger partial charge < -0.3 is 5.32 Å². The van der Waals surface area contributed by atoms with Crippen LogP contribution in [-0.2, 0) is 6.54 Å². The highest BCUT2D eigenvalue weighted by atomic mass is 16.6. The minimum absolute atomic E-state index is 0.108. The summed E-state index contributed by atoms with van der Waals surface area (Å²) in [5, 5.41) is 18.0. The zero-order valence-electron chi connectivity index (χ0n) is 10.9. The molecule has 0 bridgehead atoms. The van der Waals surface area contributed by atoms with Crippen molar-refractivity contribution in [2.45, 2.75) is 26.4 Å². The predicted octanol–water partition coefficient (Wildman–Crippen LogP) is 2.98. The maximum Gasteiger partial charge on any atom is 0.269 e. The van der Waals surface area contributed by atoms with Crippen LogP contribution in [0.2, 0.25) is 0 Å². The van der Waals surface area contributed by atoms with Gasteiger partial charge in [-0.2, -0.15) is 5.10 Å². The summed E-state index contributed by atoms with van der Waals surface area (Å²) < 4.78 is 1.87. The first-order chi connectivity index (χ1) is 9.06. The Bertz CT molecular complexity index is 560. The number of non-ortho nitro benzene ring substituents is 1. The van der Waals surface area contributed by atoms with Crippen LogP contribution in [0.4, 0.5) is 11.4 Å². The van der Waals surface area contributed by atoms with E-state index < -0.39 is 4.92 Å². The molecule has 1 aromatic carbocycles. The quantitative estimate of drug-likeness (QED) is 0.662. The van der Waals surface area contributed by atoms with E-state index in [1.165, 1.54) is 12.1 Å². The molecule has 0 amide bonds. The average Bonchev–Trinajstić information content (AvgIpc) is 2.86. The Morgan fingerprint density at radius 2 is 2.05 bits per heavy atom. The Morgan fingerprint density at radius 3 is 2.58 bits per heavy atom. The van der Waals surface area contributed by atoms with E-state index in [0.717, 1.165) is 11.3 Å². The number of nitro benzene ring substituents is 1. The van der Waals surface area contributed by atoms with E-state index >= 15 is 0 Å². The fraction of sp³-hybridized carbons (Fsp3) is 0.308. The molecule has 1 N–H and O–H groups in total. The molecule has 0 radical (unpaired) electrons. The maximum absolute atomic E-state index is 10.5. The lowest BCUT2D eigenvalue weighted by atomic mass is 10.2. The minimum atomic E-state index is -0.399. The van der Waals surface area contributed by atoms with Gasteiger partial charge in [-0.15, -0.1) is 0 Å². The summed E-state index contributed by atoms with van der Waals surface area (Å²) in [7, 11) is 0. The molecule has 0 aliphatic rings. The standard InChI is InChI=1S/C13H16N4O2/c1-10(2)16-9-12(8-15-16)14-7-11-3-5-13(6-4-11)17(18)19/h3-6,8-10,14H,7H2,1-2H3.